The number of likely N-dealkylation sites (N-methyl/N-ethyl adjacent to an activating group) is 1. The SMILES string of the molecule is CN1C[C@@H](CO)C=C2c3cccc4ccn(c34)C[C@@H]21. The van der Waals surface area contributed by atoms with Crippen LogP contribution in [0.1, 0.15) is 5.56 Å². The lowest BCUT2D eigenvalue weighted by molar-refractivity contribution is 0.174. The second-order valence-corrected chi connectivity index (χ2v) is 5.73. The summed E-state index contributed by atoms with van der Waals surface area (Å²) >= 11 is 0. The number of benzene rings is 1. The number of aromatic nitrogens is 1. The smallest absolute Gasteiger partial charge is 0.0557 e. The maximum Gasteiger partial charge on any atom is 0.0557 e. The van der Waals surface area contributed by atoms with Crippen molar-refractivity contribution in [3.8, 4) is 0 Å². The highest BCUT2D eigenvalue weighted by Gasteiger charge is 2.32. The molecule has 2 aromatic rings. The molecule has 4 rings (SSSR count). The lowest BCUT2D eigenvalue weighted by Crippen LogP contribution is -2.44. The molecule has 3 heterocycles. The molecule has 0 unspecified atom stereocenters. The van der Waals surface area contributed by atoms with Crippen LogP contribution in [-0.4, -0.2) is 40.8 Å². The van der Waals surface area contributed by atoms with Crippen LogP contribution in [0.25, 0.3) is 16.5 Å². The fourth-order valence-corrected chi connectivity index (χ4v) is 3.60. The van der Waals surface area contributed by atoms with Crippen LogP contribution < -0.4 is 0 Å². The molecule has 0 radical (unpaired) electrons. The van der Waals surface area contributed by atoms with Gasteiger partial charge in [-0.25, -0.2) is 0 Å². The van der Waals surface area contributed by atoms with Crippen LogP contribution in [0.4, 0.5) is 0 Å². The molecule has 3 heteroatoms. The monoisotopic (exact) mass is 254 g/mol. The average Bonchev–Trinajstić information content (AvgIpc) is 2.85. The largest absolute Gasteiger partial charge is 0.396 e. The van der Waals surface area contributed by atoms with E-state index in [-0.39, 0.29) is 12.5 Å². The molecule has 1 aromatic carbocycles. The average molecular weight is 254 g/mol. The lowest BCUT2D eigenvalue weighted by Gasteiger charge is -2.40. The molecular weight excluding hydrogens is 236 g/mol. The zero-order valence-electron chi connectivity index (χ0n) is 11.1. The van der Waals surface area contributed by atoms with Gasteiger partial charge in [-0.05, 0) is 18.7 Å². The molecule has 2 atom stereocenters. The van der Waals surface area contributed by atoms with E-state index in [0.29, 0.717) is 6.04 Å². The van der Waals surface area contributed by atoms with Crippen molar-refractivity contribution in [1.82, 2.24) is 9.47 Å². The third-order valence-electron chi connectivity index (χ3n) is 4.53. The van der Waals surface area contributed by atoms with E-state index in [9.17, 15) is 5.11 Å². The molecule has 0 fully saturated rings. The van der Waals surface area contributed by atoms with Gasteiger partial charge in [0.1, 0.15) is 0 Å². The van der Waals surface area contributed by atoms with Crippen LogP contribution in [0.3, 0.4) is 0 Å². The molecular formula is C16H18N2O. The zero-order chi connectivity index (χ0) is 13.0. The third-order valence-corrected chi connectivity index (χ3v) is 4.53. The first kappa shape index (κ1) is 11.3. The molecule has 1 N–H and O–H groups in total. The van der Waals surface area contributed by atoms with Gasteiger partial charge < -0.3 is 9.67 Å². The van der Waals surface area contributed by atoms with Crippen LogP contribution in [0.15, 0.2) is 36.5 Å². The number of aliphatic hydroxyl groups is 1. The minimum absolute atomic E-state index is 0.234. The molecule has 98 valence electrons. The van der Waals surface area contributed by atoms with Crippen LogP contribution >= 0.6 is 0 Å². The minimum atomic E-state index is 0.234. The first-order chi connectivity index (χ1) is 9.28. The maximum atomic E-state index is 9.47. The van der Waals surface area contributed by atoms with Crippen LogP contribution in [0.5, 0.6) is 0 Å². The molecule has 0 bridgehead atoms. The molecule has 0 saturated carbocycles. The Morgan fingerprint density at radius 1 is 1.26 bits per heavy atom. The van der Waals surface area contributed by atoms with Crippen molar-refractivity contribution < 1.29 is 5.11 Å². The molecule has 3 nitrogen and oxygen atoms in total. The van der Waals surface area contributed by atoms with E-state index in [1.54, 1.807) is 0 Å². The van der Waals surface area contributed by atoms with E-state index in [0.717, 1.165) is 13.1 Å². The van der Waals surface area contributed by atoms with E-state index in [1.165, 1.54) is 22.0 Å². The fourth-order valence-electron chi connectivity index (χ4n) is 3.60. The Morgan fingerprint density at radius 2 is 2.16 bits per heavy atom. The predicted molar refractivity (Wildman–Crippen MR) is 76.9 cm³/mol. The van der Waals surface area contributed by atoms with E-state index >= 15 is 0 Å². The summed E-state index contributed by atoms with van der Waals surface area (Å²) in [5, 5.41) is 10.8. The third kappa shape index (κ3) is 1.52. The van der Waals surface area contributed by atoms with Crippen molar-refractivity contribution in [3.05, 3.63) is 42.1 Å². The van der Waals surface area contributed by atoms with Gasteiger partial charge in [-0.1, -0.05) is 24.3 Å². The van der Waals surface area contributed by atoms with Gasteiger partial charge in [0.15, 0.2) is 0 Å². The maximum absolute atomic E-state index is 9.47. The Morgan fingerprint density at radius 3 is 3.00 bits per heavy atom. The van der Waals surface area contributed by atoms with Crippen LogP contribution in [0.2, 0.25) is 0 Å². The Kier molecular flexibility index (Phi) is 2.34. The van der Waals surface area contributed by atoms with Crippen LogP contribution in [-0.2, 0) is 6.54 Å². The van der Waals surface area contributed by atoms with Crippen molar-refractivity contribution in [2.45, 2.75) is 12.6 Å². The van der Waals surface area contributed by atoms with Gasteiger partial charge in [-0.15, -0.1) is 0 Å². The summed E-state index contributed by atoms with van der Waals surface area (Å²) < 4.78 is 2.36. The lowest BCUT2D eigenvalue weighted by atomic mass is 9.86. The molecule has 19 heavy (non-hydrogen) atoms. The van der Waals surface area contributed by atoms with Gasteiger partial charge in [0.25, 0.3) is 0 Å². The number of hydrogen-bond acceptors (Lipinski definition) is 2. The van der Waals surface area contributed by atoms with Gasteiger partial charge in [0.05, 0.1) is 18.2 Å². The number of para-hydroxylation sites is 1. The Labute approximate surface area is 112 Å². The summed E-state index contributed by atoms with van der Waals surface area (Å²) in [6, 6.07) is 9.15. The number of fused-ring (bicyclic) bond motifs is 2. The molecule has 0 saturated heterocycles. The van der Waals surface area contributed by atoms with Gasteiger partial charge in [0.2, 0.25) is 0 Å². The highest BCUT2D eigenvalue weighted by molar-refractivity contribution is 5.94. The second kappa shape index (κ2) is 3.95. The molecule has 2 aliphatic heterocycles. The first-order valence-corrected chi connectivity index (χ1v) is 6.89. The minimum Gasteiger partial charge on any atom is -0.396 e. The number of rotatable bonds is 1. The van der Waals surface area contributed by atoms with Crippen molar-refractivity contribution in [1.29, 1.82) is 0 Å². The highest BCUT2D eigenvalue weighted by Crippen LogP contribution is 2.38. The fraction of sp³-hybridized carbons (Fsp3) is 0.375. The second-order valence-electron chi connectivity index (χ2n) is 5.73. The predicted octanol–water partition coefficient (Wildman–Crippen LogP) is 1.96. The Balaban J connectivity index is 1.97. The van der Waals surface area contributed by atoms with Crippen molar-refractivity contribution in [3.63, 3.8) is 0 Å². The Bertz CT molecular complexity index is 670. The summed E-state index contributed by atoms with van der Waals surface area (Å²) in [5.41, 5.74) is 4.07. The standard InChI is InChI=1S/C16H18N2O/c1-17-8-11(10-19)7-14-13-4-2-3-12-5-6-18(16(12)13)9-15(14)17/h2-7,11,15,19H,8-10H2,1H3/t11-,15-/m0/s1. The van der Waals surface area contributed by atoms with Gasteiger partial charge in [0, 0.05) is 36.2 Å². The molecule has 2 aliphatic rings. The Hall–Kier alpha value is -1.58. The van der Waals surface area contributed by atoms with Crippen molar-refractivity contribution >= 4 is 16.5 Å². The van der Waals surface area contributed by atoms with Crippen molar-refractivity contribution in [2.75, 3.05) is 20.2 Å². The normalized spacial score (nSPS) is 26.3. The van der Waals surface area contributed by atoms with Gasteiger partial charge in [-0.2, -0.15) is 0 Å². The quantitative estimate of drug-likeness (QED) is 0.842. The van der Waals surface area contributed by atoms with E-state index in [2.05, 4.69) is 53.1 Å². The summed E-state index contributed by atoms with van der Waals surface area (Å²) in [7, 11) is 2.16. The van der Waals surface area contributed by atoms with Crippen LogP contribution in [0, 0.1) is 5.92 Å². The van der Waals surface area contributed by atoms with E-state index in [1.807, 2.05) is 0 Å². The zero-order valence-corrected chi connectivity index (χ0v) is 11.1. The number of hydrogen-bond donors (Lipinski definition) is 1. The van der Waals surface area contributed by atoms with Gasteiger partial charge in [-0.3, -0.25) is 4.90 Å². The molecule has 1 aromatic heterocycles. The molecule has 0 aliphatic carbocycles. The van der Waals surface area contributed by atoms with Crippen molar-refractivity contribution in [2.24, 2.45) is 5.92 Å². The van der Waals surface area contributed by atoms with Gasteiger partial charge >= 0.3 is 0 Å². The number of nitrogens with zero attached hydrogens (tertiary/aromatic N) is 2. The molecule has 0 spiro atoms. The number of aliphatic hydroxyl groups excluding tert-OH is 1. The first-order valence-electron chi connectivity index (χ1n) is 6.89. The summed E-state index contributed by atoms with van der Waals surface area (Å²) in [4.78, 5) is 2.37. The van der Waals surface area contributed by atoms with E-state index < -0.39 is 0 Å². The summed E-state index contributed by atoms with van der Waals surface area (Å²) in [6.45, 7) is 2.19. The summed E-state index contributed by atoms with van der Waals surface area (Å²) in [5.74, 6) is 0.257. The summed E-state index contributed by atoms with van der Waals surface area (Å²) in [6.07, 6.45) is 4.48. The topological polar surface area (TPSA) is 28.4 Å². The highest BCUT2D eigenvalue weighted by atomic mass is 16.3. The van der Waals surface area contributed by atoms with E-state index in [4.69, 9.17) is 0 Å². The molecule has 0 amide bonds.